The summed E-state index contributed by atoms with van der Waals surface area (Å²) in [6.07, 6.45) is 1.57. The van der Waals surface area contributed by atoms with Crippen molar-refractivity contribution in [1.29, 1.82) is 5.26 Å². The van der Waals surface area contributed by atoms with E-state index in [1.807, 2.05) is 6.07 Å². The molecule has 0 radical (unpaired) electrons. The number of benzene rings is 1. The van der Waals surface area contributed by atoms with E-state index in [4.69, 9.17) is 5.26 Å². The molecule has 0 spiro atoms. The number of nitriles is 1. The molecular weight excluding hydrogens is 262 g/mol. The zero-order valence-corrected chi connectivity index (χ0v) is 10.4. The summed E-state index contributed by atoms with van der Waals surface area (Å²) in [4.78, 5) is 16.8. The predicted octanol–water partition coefficient (Wildman–Crippen LogP) is 1.91. The Morgan fingerprint density at radius 2 is 2.16 bits per heavy atom. The summed E-state index contributed by atoms with van der Waals surface area (Å²) in [5.74, 6) is -0.303. The fourth-order valence-electron chi connectivity index (χ4n) is 1.57. The number of nitrogens with one attached hydrogen (secondary N) is 1. The molecule has 3 rings (SSSR count). The number of hydrogen-bond donors (Lipinski definition) is 1. The van der Waals surface area contributed by atoms with Gasteiger partial charge in [0.25, 0.3) is 5.91 Å². The Bertz CT molecular complexity index is 752. The summed E-state index contributed by atoms with van der Waals surface area (Å²) >= 11 is 1.36. The lowest BCUT2D eigenvalue weighted by Gasteiger charge is -2.02. The number of anilines is 1. The smallest absolute Gasteiger partial charge is 0.275 e. The van der Waals surface area contributed by atoms with Gasteiger partial charge in [0, 0.05) is 5.69 Å². The highest BCUT2D eigenvalue weighted by molar-refractivity contribution is 7.14. The molecule has 0 aliphatic heterocycles. The molecule has 19 heavy (non-hydrogen) atoms. The molecular formula is C12H7N5OS. The number of aromatic nitrogens is 3. The molecule has 2 aromatic heterocycles. The van der Waals surface area contributed by atoms with E-state index in [-0.39, 0.29) is 5.91 Å². The van der Waals surface area contributed by atoms with Gasteiger partial charge in [-0.25, -0.2) is 9.50 Å². The van der Waals surface area contributed by atoms with E-state index in [0.717, 1.165) is 0 Å². The van der Waals surface area contributed by atoms with Gasteiger partial charge < -0.3 is 5.32 Å². The maximum atomic E-state index is 12.0. The minimum absolute atomic E-state index is 0.303. The van der Waals surface area contributed by atoms with Crippen molar-refractivity contribution in [1.82, 2.24) is 14.6 Å². The van der Waals surface area contributed by atoms with E-state index in [9.17, 15) is 4.79 Å². The number of carbonyl (C=O) groups excluding carboxylic acids is 1. The Balaban J connectivity index is 1.80. The van der Waals surface area contributed by atoms with E-state index < -0.39 is 0 Å². The Labute approximate surface area is 111 Å². The van der Waals surface area contributed by atoms with E-state index in [0.29, 0.717) is 21.9 Å². The highest BCUT2D eigenvalue weighted by atomic mass is 32.1. The van der Waals surface area contributed by atoms with Gasteiger partial charge in [-0.1, -0.05) is 11.3 Å². The number of hydrogen-bond acceptors (Lipinski definition) is 5. The third-order valence-corrected chi connectivity index (χ3v) is 3.18. The van der Waals surface area contributed by atoms with Crippen molar-refractivity contribution < 1.29 is 4.79 Å². The first-order valence-corrected chi connectivity index (χ1v) is 6.24. The molecule has 0 fully saturated rings. The van der Waals surface area contributed by atoms with Crippen LogP contribution in [-0.2, 0) is 0 Å². The normalized spacial score (nSPS) is 10.3. The molecule has 0 aliphatic rings. The van der Waals surface area contributed by atoms with Crippen molar-refractivity contribution in [3.63, 3.8) is 0 Å². The van der Waals surface area contributed by atoms with Crippen LogP contribution in [0.1, 0.15) is 16.1 Å². The summed E-state index contributed by atoms with van der Waals surface area (Å²) in [5.41, 5.74) is 3.13. The van der Waals surface area contributed by atoms with Gasteiger partial charge in [-0.2, -0.15) is 10.4 Å². The van der Waals surface area contributed by atoms with Gasteiger partial charge in [-0.3, -0.25) is 4.79 Å². The Morgan fingerprint density at radius 1 is 1.37 bits per heavy atom. The lowest BCUT2D eigenvalue weighted by atomic mass is 10.2. The van der Waals surface area contributed by atoms with Crippen LogP contribution in [0.25, 0.3) is 4.96 Å². The van der Waals surface area contributed by atoms with Crippen molar-refractivity contribution in [3.8, 4) is 6.07 Å². The van der Waals surface area contributed by atoms with Crippen LogP contribution in [0.4, 0.5) is 5.69 Å². The average Bonchev–Trinajstić information content (AvgIpc) is 3.00. The third-order valence-electron chi connectivity index (χ3n) is 2.49. The van der Waals surface area contributed by atoms with E-state index in [1.54, 1.807) is 40.5 Å². The van der Waals surface area contributed by atoms with Gasteiger partial charge in [0.1, 0.15) is 11.2 Å². The van der Waals surface area contributed by atoms with Gasteiger partial charge >= 0.3 is 0 Å². The first-order valence-electron chi connectivity index (χ1n) is 5.36. The molecule has 2 heterocycles. The van der Waals surface area contributed by atoms with Crippen LogP contribution in [0.5, 0.6) is 0 Å². The van der Waals surface area contributed by atoms with E-state index >= 15 is 0 Å². The lowest BCUT2D eigenvalue weighted by molar-refractivity contribution is 0.102. The maximum absolute atomic E-state index is 12.0. The fraction of sp³-hybridized carbons (Fsp3) is 0. The highest BCUT2D eigenvalue weighted by Crippen LogP contribution is 2.12. The minimum atomic E-state index is -0.303. The second-order valence-electron chi connectivity index (χ2n) is 3.74. The van der Waals surface area contributed by atoms with Crippen molar-refractivity contribution in [2.75, 3.05) is 5.32 Å². The summed E-state index contributed by atoms with van der Waals surface area (Å²) in [6.45, 7) is 0. The Morgan fingerprint density at radius 3 is 2.84 bits per heavy atom. The molecule has 0 atom stereocenters. The molecule has 1 N–H and O–H groups in total. The monoisotopic (exact) mass is 269 g/mol. The van der Waals surface area contributed by atoms with E-state index in [1.165, 1.54) is 11.3 Å². The molecule has 1 amide bonds. The van der Waals surface area contributed by atoms with Gasteiger partial charge in [-0.15, -0.1) is 0 Å². The molecule has 0 unspecified atom stereocenters. The van der Waals surface area contributed by atoms with Crippen molar-refractivity contribution in [2.24, 2.45) is 0 Å². The number of fused-ring (bicyclic) bond motifs is 1. The molecule has 92 valence electrons. The zero-order chi connectivity index (χ0) is 13.2. The zero-order valence-electron chi connectivity index (χ0n) is 9.57. The molecule has 0 bridgehead atoms. The fourth-order valence-corrected chi connectivity index (χ4v) is 2.17. The summed E-state index contributed by atoms with van der Waals surface area (Å²) in [7, 11) is 0. The minimum Gasteiger partial charge on any atom is -0.321 e. The molecule has 7 heteroatoms. The van der Waals surface area contributed by atoms with Gasteiger partial charge in [-0.05, 0) is 24.3 Å². The SMILES string of the molecule is N#Cc1ccc(NC(=O)c2cn3ncsc3n2)cc1. The van der Waals surface area contributed by atoms with Crippen molar-refractivity contribution in [2.45, 2.75) is 0 Å². The number of imidazole rings is 1. The summed E-state index contributed by atoms with van der Waals surface area (Å²) < 4.78 is 1.55. The second kappa shape index (κ2) is 4.51. The third kappa shape index (κ3) is 2.17. The largest absolute Gasteiger partial charge is 0.321 e. The lowest BCUT2D eigenvalue weighted by Crippen LogP contribution is -2.12. The average molecular weight is 269 g/mol. The molecule has 0 saturated heterocycles. The quantitative estimate of drug-likeness (QED) is 0.770. The van der Waals surface area contributed by atoms with Crippen LogP contribution in [0.3, 0.4) is 0 Å². The summed E-state index contributed by atoms with van der Waals surface area (Å²) in [6, 6.07) is 8.65. The Hall–Kier alpha value is -2.72. The molecule has 0 aliphatic carbocycles. The van der Waals surface area contributed by atoms with Crippen LogP contribution in [0.2, 0.25) is 0 Å². The maximum Gasteiger partial charge on any atom is 0.275 e. The van der Waals surface area contributed by atoms with Gasteiger partial charge in [0.15, 0.2) is 0 Å². The molecule has 0 saturated carbocycles. The number of carbonyl (C=O) groups is 1. The molecule has 3 aromatic rings. The number of rotatable bonds is 2. The number of nitrogens with zero attached hydrogens (tertiary/aromatic N) is 4. The Kier molecular flexibility index (Phi) is 2.70. The van der Waals surface area contributed by atoms with Crippen LogP contribution in [0, 0.1) is 11.3 Å². The number of amides is 1. The molecule has 1 aromatic carbocycles. The van der Waals surface area contributed by atoms with Crippen molar-refractivity contribution in [3.05, 3.63) is 47.2 Å². The van der Waals surface area contributed by atoms with Crippen LogP contribution >= 0.6 is 11.3 Å². The van der Waals surface area contributed by atoms with Crippen molar-refractivity contribution >= 4 is 27.9 Å². The predicted molar refractivity (Wildman–Crippen MR) is 70.0 cm³/mol. The standard InChI is InChI=1S/C12H7N5OS/c13-5-8-1-3-9(4-2-8)15-11(18)10-6-17-12(16-10)19-7-14-17/h1-4,6-7H,(H,15,18). The second-order valence-corrected chi connectivity index (χ2v) is 4.55. The van der Waals surface area contributed by atoms with Crippen LogP contribution in [-0.4, -0.2) is 20.5 Å². The first kappa shape index (κ1) is 11.4. The van der Waals surface area contributed by atoms with E-state index in [2.05, 4.69) is 15.4 Å². The van der Waals surface area contributed by atoms with Gasteiger partial charge in [0.05, 0.1) is 17.8 Å². The van der Waals surface area contributed by atoms with Crippen LogP contribution < -0.4 is 5.32 Å². The summed E-state index contributed by atoms with van der Waals surface area (Å²) in [5, 5.41) is 15.4. The molecule has 6 nitrogen and oxygen atoms in total. The van der Waals surface area contributed by atoms with Crippen LogP contribution in [0.15, 0.2) is 36.0 Å². The first-order chi connectivity index (χ1) is 9.26. The van der Waals surface area contributed by atoms with Gasteiger partial charge in [0.2, 0.25) is 4.96 Å². The highest BCUT2D eigenvalue weighted by Gasteiger charge is 2.12. The topological polar surface area (TPSA) is 83.1 Å².